The van der Waals surface area contributed by atoms with E-state index < -0.39 is 0 Å². The Balaban J connectivity index is 1.98. The first-order valence-electron chi connectivity index (χ1n) is 6.83. The summed E-state index contributed by atoms with van der Waals surface area (Å²) in [6.45, 7) is 2.71. The Hall–Kier alpha value is -2.09. The van der Waals surface area contributed by atoms with E-state index in [0.29, 0.717) is 6.85 Å². The fraction of sp³-hybridized carbons (Fsp3) is 0.118. The molecule has 2 heterocycles. The van der Waals surface area contributed by atoms with E-state index in [4.69, 9.17) is 0 Å². The van der Waals surface area contributed by atoms with Crippen molar-refractivity contribution >= 4 is 23.1 Å². The van der Waals surface area contributed by atoms with Crippen molar-refractivity contribution in [3.8, 4) is 0 Å². The van der Waals surface area contributed by atoms with Gasteiger partial charge in [0.2, 0.25) is 6.85 Å². The topological polar surface area (TPSA) is 3.88 Å². The van der Waals surface area contributed by atoms with Crippen LogP contribution in [-0.2, 0) is 6.42 Å². The van der Waals surface area contributed by atoms with Gasteiger partial charge in [-0.15, -0.1) is 6.82 Å². The number of hydrogen-bond acceptors (Lipinski definition) is 0. The van der Waals surface area contributed by atoms with Gasteiger partial charge in [0.15, 0.2) is 0 Å². The summed E-state index contributed by atoms with van der Waals surface area (Å²) in [5.41, 5.74) is 4.33. The molecule has 0 N–H and O–H groups in total. The van der Waals surface area contributed by atoms with E-state index in [0.717, 1.165) is 6.42 Å². The fourth-order valence-corrected chi connectivity index (χ4v) is 3.21. The van der Waals surface area contributed by atoms with E-state index in [9.17, 15) is 0 Å². The average molecular weight is 244 g/mol. The zero-order valence-corrected chi connectivity index (χ0v) is 11.0. The average Bonchev–Trinajstić information content (AvgIpc) is 2.46. The van der Waals surface area contributed by atoms with E-state index in [1.807, 2.05) is 0 Å². The fourth-order valence-electron chi connectivity index (χ4n) is 3.21. The molecule has 0 unspecified atom stereocenters. The molecular weight excluding hydrogens is 229 g/mol. The molecule has 2 aromatic carbocycles. The number of rotatable bonds is 0. The Bertz CT molecular complexity index is 779. The third-order valence-corrected chi connectivity index (χ3v) is 4.22. The Labute approximate surface area is 113 Å². The zero-order chi connectivity index (χ0) is 12.8. The monoisotopic (exact) mass is 244 g/mol. The summed E-state index contributed by atoms with van der Waals surface area (Å²) in [6.07, 6.45) is 3.23. The molecule has 0 saturated carbocycles. The quantitative estimate of drug-likeness (QED) is 0.535. The number of pyridine rings is 1. The minimum atomic E-state index is 0.421. The summed E-state index contributed by atoms with van der Waals surface area (Å²) in [6, 6.07) is 19.8. The van der Waals surface area contributed by atoms with E-state index in [-0.39, 0.29) is 0 Å². The number of aromatic nitrogens is 1. The highest BCUT2D eigenvalue weighted by molar-refractivity contribution is 6.65. The maximum atomic E-state index is 2.39. The Morgan fingerprint density at radius 2 is 1.68 bits per heavy atom. The first-order chi connectivity index (χ1) is 9.33. The highest BCUT2D eigenvalue weighted by Crippen LogP contribution is 2.18. The van der Waals surface area contributed by atoms with Crippen LogP contribution < -0.4 is 9.94 Å². The van der Waals surface area contributed by atoms with Crippen molar-refractivity contribution < 1.29 is 4.48 Å². The van der Waals surface area contributed by atoms with Gasteiger partial charge in [-0.2, -0.15) is 5.46 Å². The van der Waals surface area contributed by atoms with Crippen LogP contribution in [0.2, 0.25) is 6.82 Å². The van der Waals surface area contributed by atoms with Gasteiger partial charge in [-0.05, 0) is 16.8 Å². The Morgan fingerprint density at radius 1 is 0.947 bits per heavy atom. The molecule has 0 aliphatic carbocycles. The molecular formula is C17H15BN. The second-order valence-electron chi connectivity index (χ2n) is 5.35. The minimum absolute atomic E-state index is 0.421. The van der Waals surface area contributed by atoms with Crippen LogP contribution in [-0.4, -0.2) is 6.85 Å². The molecule has 19 heavy (non-hydrogen) atoms. The summed E-state index contributed by atoms with van der Waals surface area (Å²) in [7, 11) is 0. The van der Waals surface area contributed by atoms with E-state index in [1.54, 1.807) is 0 Å². The molecule has 0 atom stereocenters. The Kier molecular flexibility index (Phi) is 2.25. The molecule has 1 radical (unpaired) electrons. The molecule has 0 saturated heterocycles. The Morgan fingerprint density at radius 3 is 2.53 bits per heavy atom. The predicted octanol–water partition coefficient (Wildman–Crippen LogP) is 2.41. The van der Waals surface area contributed by atoms with Crippen LogP contribution in [0.5, 0.6) is 0 Å². The van der Waals surface area contributed by atoms with Crippen LogP contribution in [0, 0.1) is 0 Å². The lowest BCUT2D eigenvalue weighted by Crippen LogP contribution is -2.62. The smallest absolute Gasteiger partial charge is 0.238 e. The standard InChI is InChI=1S/C17H15BN/c1-18-17-12-14-7-3-2-6-13(14)10-15(17)11-16-8-4-5-9-19(16)18/h2-10,12H,11H2,1H3. The van der Waals surface area contributed by atoms with Crippen molar-refractivity contribution in [2.45, 2.75) is 13.2 Å². The van der Waals surface area contributed by atoms with Crippen molar-refractivity contribution in [3.05, 3.63) is 72.1 Å². The van der Waals surface area contributed by atoms with E-state index in [2.05, 4.69) is 72.1 Å². The number of nitrogens with zero attached hydrogens (tertiary/aromatic N) is 1. The van der Waals surface area contributed by atoms with Crippen molar-refractivity contribution in [2.75, 3.05) is 0 Å². The van der Waals surface area contributed by atoms with Crippen molar-refractivity contribution in [1.29, 1.82) is 0 Å². The number of fused-ring (bicyclic) bond motifs is 3. The van der Waals surface area contributed by atoms with Gasteiger partial charge in [0.1, 0.15) is 11.9 Å². The first kappa shape index (κ1) is 10.8. The normalized spacial score (nSPS) is 14.2. The lowest BCUT2D eigenvalue weighted by Gasteiger charge is -2.28. The van der Waals surface area contributed by atoms with E-state index in [1.165, 1.54) is 27.5 Å². The molecule has 0 amide bonds. The molecule has 2 heteroatoms. The SMILES string of the molecule is C[B-]1c2cc3ccccc3cc2Cc2cccc[n+]21. The molecule has 1 aromatic heterocycles. The second kappa shape index (κ2) is 3.96. The third-order valence-electron chi connectivity index (χ3n) is 4.22. The largest absolute Gasteiger partial charge is 0.442 e. The molecule has 0 bridgehead atoms. The van der Waals surface area contributed by atoms with Crippen molar-refractivity contribution in [3.63, 3.8) is 0 Å². The molecule has 0 spiro atoms. The molecule has 1 aliphatic rings. The summed E-state index contributed by atoms with van der Waals surface area (Å²) < 4.78 is 2.39. The molecule has 0 fully saturated rings. The van der Waals surface area contributed by atoms with Crippen LogP contribution in [0.4, 0.5) is 0 Å². The molecule has 91 valence electrons. The third kappa shape index (κ3) is 1.60. The first-order valence-corrected chi connectivity index (χ1v) is 6.83. The van der Waals surface area contributed by atoms with Gasteiger partial charge in [-0.25, -0.2) is 0 Å². The van der Waals surface area contributed by atoms with Gasteiger partial charge >= 0.3 is 0 Å². The van der Waals surface area contributed by atoms with Gasteiger partial charge in [0.05, 0.1) is 0 Å². The maximum absolute atomic E-state index is 2.39. The highest BCUT2D eigenvalue weighted by atomic mass is 14.9. The van der Waals surface area contributed by atoms with Gasteiger partial charge in [-0.1, -0.05) is 48.0 Å². The van der Waals surface area contributed by atoms with Crippen LogP contribution in [0.15, 0.2) is 60.8 Å². The van der Waals surface area contributed by atoms with Gasteiger partial charge in [0.25, 0.3) is 0 Å². The summed E-state index contributed by atoms with van der Waals surface area (Å²) in [4.78, 5) is 0. The summed E-state index contributed by atoms with van der Waals surface area (Å²) in [5.74, 6) is 0. The van der Waals surface area contributed by atoms with E-state index >= 15 is 0 Å². The number of benzene rings is 2. The zero-order valence-electron chi connectivity index (χ0n) is 11.0. The predicted molar refractivity (Wildman–Crippen MR) is 80.0 cm³/mol. The second-order valence-corrected chi connectivity index (χ2v) is 5.35. The molecule has 1 nitrogen and oxygen atoms in total. The van der Waals surface area contributed by atoms with Gasteiger partial charge < -0.3 is 4.48 Å². The molecule has 1 aliphatic heterocycles. The lowest BCUT2D eigenvalue weighted by molar-refractivity contribution is -0.545. The van der Waals surface area contributed by atoms with Crippen LogP contribution >= 0.6 is 0 Å². The van der Waals surface area contributed by atoms with Gasteiger partial charge in [0, 0.05) is 12.5 Å². The highest BCUT2D eigenvalue weighted by Gasteiger charge is 2.21. The van der Waals surface area contributed by atoms with Crippen LogP contribution in [0.25, 0.3) is 10.8 Å². The van der Waals surface area contributed by atoms with Crippen molar-refractivity contribution in [2.24, 2.45) is 0 Å². The molecule has 3 aromatic rings. The maximum Gasteiger partial charge on any atom is 0.238 e. The number of hydrogen-bond donors (Lipinski definition) is 0. The van der Waals surface area contributed by atoms with Crippen molar-refractivity contribution in [1.82, 2.24) is 0 Å². The van der Waals surface area contributed by atoms with Crippen LogP contribution in [0.1, 0.15) is 11.3 Å². The summed E-state index contributed by atoms with van der Waals surface area (Å²) >= 11 is 0. The van der Waals surface area contributed by atoms with Gasteiger partial charge in [-0.3, -0.25) is 0 Å². The summed E-state index contributed by atoms with van der Waals surface area (Å²) in [5, 5.41) is 2.69. The minimum Gasteiger partial charge on any atom is -0.442 e. The lowest BCUT2D eigenvalue weighted by atomic mass is 9.54. The van der Waals surface area contributed by atoms with Crippen LogP contribution in [0.3, 0.4) is 0 Å². The molecule has 4 rings (SSSR count).